The molecule has 124 valence electrons. The second-order valence-corrected chi connectivity index (χ2v) is 7.76. The van der Waals surface area contributed by atoms with E-state index in [9.17, 15) is 0 Å². The zero-order valence-corrected chi connectivity index (χ0v) is 15.0. The molecule has 0 aliphatic heterocycles. The average molecular weight is 358 g/mol. The van der Waals surface area contributed by atoms with Crippen molar-refractivity contribution in [3.05, 3.63) is 52.2 Å². The largest absolute Gasteiger partial charge is 0.486 e. The smallest absolute Gasteiger partial charge is 0.191 e. The van der Waals surface area contributed by atoms with E-state index in [0.717, 1.165) is 27.4 Å². The first-order valence-corrected chi connectivity index (χ1v) is 9.79. The second-order valence-electron chi connectivity index (χ2n) is 5.87. The van der Waals surface area contributed by atoms with Gasteiger partial charge in [-0.3, -0.25) is 0 Å². The minimum absolute atomic E-state index is 0.511. The fourth-order valence-electron chi connectivity index (χ4n) is 2.34. The van der Waals surface area contributed by atoms with Crippen molar-refractivity contribution in [2.45, 2.75) is 43.3 Å². The molecule has 24 heavy (non-hydrogen) atoms. The Balaban J connectivity index is 1.31. The molecule has 0 N–H and O–H groups in total. The van der Waals surface area contributed by atoms with Gasteiger partial charge >= 0.3 is 0 Å². The van der Waals surface area contributed by atoms with Gasteiger partial charge in [-0.15, -0.1) is 21.5 Å². The zero-order valence-electron chi connectivity index (χ0n) is 13.4. The lowest BCUT2D eigenvalue weighted by Gasteiger charge is -2.04. The van der Waals surface area contributed by atoms with Gasteiger partial charge in [-0.05, 0) is 31.9 Å². The lowest BCUT2D eigenvalue weighted by atomic mass is 10.2. The highest BCUT2D eigenvalue weighted by Crippen LogP contribution is 2.37. The molecule has 4 rings (SSSR count). The second kappa shape index (κ2) is 6.94. The summed E-state index contributed by atoms with van der Waals surface area (Å²) in [5, 5.41) is 12.3. The summed E-state index contributed by atoms with van der Waals surface area (Å²) < 4.78 is 7.96. The van der Waals surface area contributed by atoms with Crippen LogP contribution in [0.3, 0.4) is 0 Å². The third kappa shape index (κ3) is 3.79. The van der Waals surface area contributed by atoms with Crippen LogP contribution in [0.15, 0.2) is 41.1 Å². The van der Waals surface area contributed by atoms with Gasteiger partial charge in [0.05, 0.1) is 5.69 Å². The Morgan fingerprint density at radius 3 is 2.92 bits per heavy atom. The number of aromatic nitrogens is 4. The maximum atomic E-state index is 5.78. The van der Waals surface area contributed by atoms with E-state index in [2.05, 4.69) is 44.2 Å². The van der Waals surface area contributed by atoms with Crippen LogP contribution in [0.2, 0.25) is 0 Å². The third-order valence-electron chi connectivity index (χ3n) is 3.81. The Hall–Kier alpha value is -1.86. The molecule has 5 nitrogen and oxygen atoms in total. The molecular formula is C17H18N4OS2. The highest BCUT2D eigenvalue weighted by molar-refractivity contribution is 7.98. The molecule has 1 fully saturated rings. The summed E-state index contributed by atoms with van der Waals surface area (Å²) in [6.45, 7) is 2.58. The Labute approximate surface area is 149 Å². The van der Waals surface area contributed by atoms with Crippen LogP contribution in [-0.2, 0) is 12.4 Å². The third-order valence-corrected chi connectivity index (χ3v) is 5.67. The summed E-state index contributed by atoms with van der Waals surface area (Å²) in [5.74, 6) is 1.69. The molecule has 0 radical (unpaired) electrons. The standard InChI is InChI=1S/C17H18N4OS2/c1-12-2-6-15(7-3-12)22-8-16-19-13(9-23-16)10-24-17-20-18-11-21(17)14-4-5-14/h2-3,6-7,9,11,14H,4-5,8,10H2,1H3. The molecule has 0 spiro atoms. The number of thioether (sulfide) groups is 1. The minimum Gasteiger partial charge on any atom is -0.486 e. The lowest BCUT2D eigenvalue weighted by molar-refractivity contribution is 0.305. The van der Waals surface area contributed by atoms with E-state index >= 15 is 0 Å². The average Bonchev–Trinajstić information content (AvgIpc) is 3.16. The van der Waals surface area contributed by atoms with E-state index in [4.69, 9.17) is 4.74 Å². The number of hydrogen-bond acceptors (Lipinski definition) is 6. The molecule has 1 aliphatic carbocycles. The van der Waals surface area contributed by atoms with Crippen molar-refractivity contribution in [3.8, 4) is 5.75 Å². The fraction of sp³-hybridized carbons (Fsp3) is 0.353. The summed E-state index contributed by atoms with van der Waals surface area (Å²) in [5.41, 5.74) is 2.30. The predicted octanol–water partition coefficient (Wildman–Crippen LogP) is 4.25. The molecule has 1 aromatic carbocycles. The highest BCUT2D eigenvalue weighted by atomic mass is 32.2. The van der Waals surface area contributed by atoms with E-state index in [1.807, 2.05) is 18.5 Å². The van der Waals surface area contributed by atoms with Crippen molar-refractivity contribution in [1.82, 2.24) is 19.7 Å². The van der Waals surface area contributed by atoms with Gasteiger partial charge in [0.15, 0.2) is 5.16 Å². The first-order chi connectivity index (χ1) is 11.8. The quantitative estimate of drug-likeness (QED) is 0.591. The van der Waals surface area contributed by atoms with Crippen molar-refractivity contribution in [2.24, 2.45) is 0 Å². The molecule has 0 amide bonds. The van der Waals surface area contributed by atoms with Gasteiger partial charge in [0.1, 0.15) is 23.7 Å². The molecule has 3 aromatic rings. The lowest BCUT2D eigenvalue weighted by Crippen LogP contribution is -1.96. The van der Waals surface area contributed by atoms with Gasteiger partial charge in [0, 0.05) is 17.2 Å². The topological polar surface area (TPSA) is 52.8 Å². The number of aryl methyl sites for hydroxylation is 1. The summed E-state index contributed by atoms with van der Waals surface area (Å²) in [6.07, 6.45) is 4.31. The van der Waals surface area contributed by atoms with Gasteiger partial charge in [-0.25, -0.2) is 4.98 Å². The van der Waals surface area contributed by atoms with Crippen molar-refractivity contribution in [2.75, 3.05) is 0 Å². The van der Waals surface area contributed by atoms with Gasteiger partial charge in [0.2, 0.25) is 0 Å². The Morgan fingerprint density at radius 1 is 1.29 bits per heavy atom. The number of nitrogens with zero attached hydrogens (tertiary/aromatic N) is 4. The van der Waals surface area contributed by atoms with E-state index in [1.165, 1.54) is 18.4 Å². The number of ether oxygens (including phenoxy) is 1. The molecule has 2 heterocycles. The van der Waals surface area contributed by atoms with Crippen molar-refractivity contribution < 1.29 is 4.74 Å². The fourth-order valence-corrected chi connectivity index (χ4v) is 4.02. The van der Waals surface area contributed by atoms with Crippen LogP contribution in [0.25, 0.3) is 0 Å². The zero-order chi connectivity index (χ0) is 16.4. The van der Waals surface area contributed by atoms with Crippen LogP contribution in [0.4, 0.5) is 0 Å². The van der Waals surface area contributed by atoms with E-state index in [1.54, 1.807) is 23.1 Å². The number of thiazole rings is 1. The van der Waals surface area contributed by atoms with Crippen LogP contribution in [0.1, 0.15) is 35.1 Å². The minimum atomic E-state index is 0.511. The van der Waals surface area contributed by atoms with E-state index in [-0.39, 0.29) is 0 Å². The molecule has 1 saturated carbocycles. The summed E-state index contributed by atoms with van der Waals surface area (Å²) in [7, 11) is 0. The first-order valence-electron chi connectivity index (χ1n) is 7.93. The van der Waals surface area contributed by atoms with Crippen LogP contribution >= 0.6 is 23.1 Å². The summed E-state index contributed by atoms with van der Waals surface area (Å²) in [4.78, 5) is 4.65. The van der Waals surface area contributed by atoms with E-state index < -0.39 is 0 Å². The van der Waals surface area contributed by atoms with Crippen molar-refractivity contribution in [1.29, 1.82) is 0 Å². The molecule has 0 unspecified atom stereocenters. The van der Waals surface area contributed by atoms with Crippen LogP contribution in [0, 0.1) is 6.92 Å². The van der Waals surface area contributed by atoms with Crippen LogP contribution < -0.4 is 4.74 Å². The van der Waals surface area contributed by atoms with Gasteiger partial charge in [-0.1, -0.05) is 29.5 Å². The number of benzene rings is 1. The molecule has 7 heteroatoms. The van der Waals surface area contributed by atoms with Crippen LogP contribution in [0.5, 0.6) is 5.75 Å². The maximum absolute atomic E-state index is 5.78. The first kappa shape index (κ1) is 15.7. The normalized spacial score (nSPS) is 14.0. The Bertz CT molecular complexity index is 808. The van der Waals surface area contributed by atoms with Crippen molar-refractivity contribution >= 4 is 23.1 Å². The van der Waals surface area contributed by atoms with Gasteiger partial charge < -0.3 is 9.30 Å². The van der Waals surface area contributed by atoms with Crippen molar-refractivity contribution in [3.63, 3.8) is 0 Å². The van der Waals surface area contributed by atoms with Gasteiger partial charge in [-0.2, -0.15) is 0 Å². The molecule has 0 atom stereocenters. The monoisotopic (exact) mass is 358 g/mol. The molecule has 0 saturated heterocycles. The Kier molecular flexibility index (Phi) is 4.53. The number of hydrogen-bond donors (Lipinski definition) is 0. The molecular weight excluding hydrogens is 340 g/mol. The van der Waals surface area contributed by atoms with Gasteiger partial charge in [0.25, 0.3) is 0 Å². The SMILES string of the molecule is Cc1ccc(OCc2nc(CSc3nncn3C3CC3)cs2)cc1. The predicted molar refractivity (Wildman–Crippen MR) is 95.5 cm³/mol. The molecule has 0 bridgehead atoms. The van der Waals surface area contributed by atoms with Crippen LogP contribution in [-0.4, -0.2) is 19.7 Å². The highest BCUT2D eigenvalue weighted by Gasteiger charge is 2.26. The Morgan fingerprint density at radius 2 is 2.12 bits per heavy atom. The van der Waals surface area contributed by atoms with E-state index in [0.29, 0.717) is 12.6 Å². The number of rotatable bonds is 7. The summed E-state index contributed by atoms with van der Waals surface area (Å²) in [6, 6.07) is 8.69. The maximum Gasteiger partial charge on any atom is 0.191 e. The summed E-state index contributed by atoms with van der Waals surface area (Å²) >= 11 is 3.34. The molecule has 1 aliphatic rings. The molecule has 2 aromatic heterocycles.